The molecule has 0 aliphatic carbocycles. The van der Waals surface area contributed by atoms with Crippen molar-refractivity contribution in [1.29, 1.82) is 0 Å². The molecule has 3 heterocycles. The summed E-state index contributed by atoms with van der Waals surface area (Å²) in [5.41, 5.74) is 0. The first-order valence-corrected chi connectivity index (χ1v) is 7.45. The number of carbonyl (C=O) groups is 1. The van der Waals surface area contributed by atoms with Crippen molar-refractivity contribution >= 4 is 29.6 Å². The molecule has 1 aromatic heterocycles. The smallest absolute Gasteiger partial charge is 0.407 e. The van der Waals surface area contributed by atoms with Gasteiger partial charge in [0.25, 0.3) is 0 Å². The van der Waals surface area contributed by atoms with Gasteiger partial charge in [-0.25, -0.2) is 4.79 Å². The van der Waals surface area contributed by atoms with E-state index in [1.54, 1.807) is 0 Å². The Hall–Kier alpha value is -1.87. The first kappa shape index (κ1) is 15.0. The Labute approximate surface area is 132 Å². The highest BCUT2D eigenvalue weighted by Gasteiger charge is 2.30. The Morgan fingerprint density at radius 2 is 2.05 bits per heavy atom. The zero-order valence-electron chi connectivity index (χ0n) is 11.9. The largest absolute Gasteiger partial charge is 0.465 e. The van der Waals surface area contributed by atoms with Gasteiger partial charge in [0.2, 0.25) is 17.2 Å². The molecule has 2 aliphatic rings. The van der Waals surface area contributed by atoms with Crippen molar-refractivity contribution in [2.45, 2.75) is 0 Å². The van der Waals surface area contributed by atoms with Crippen LogP contribution in [-0.4, -0.2) is 77.0 Å². The molecule has 1 aromatic rings. The third-order valence-corrected chi connectivity index (χ3v) is 3.84. The summed E-state index contributed by atoms with van der Waals surface area (Å²) in [6.07, 6.45) is -0.881. The second-order valence-corrected chi connectivity index (χ2v) is 5.60. The van der Waals surface area contributed by atoms with Crippen molar-refractivity contribution in [3.63, 3.8) is 0 Å². The Kier molecular flexibility index (Phi) is 4.44. The van der Waals surface area contributed by atoms with Gasteiger partial charge in [0.15, 0.2) is 0 Å². The lowest BCUT2D eigenvalue weighted by Crippen LogP contribution is -2.51. The fourth-order valence-electron chi connectivity index (χ4n) is 2.41. The molecule has 0 spiro atoms. The van der Waals surface area contributed by atoms with E-state index >= 15 is 0 Å². The predicted octanol–water partition coefficient (Wildman–Crippen LogP) is 0.383. The van der Waals surface area contributed by atoms with Crippen LogP contribution in [0.3, 0.4) is 0 Å². The van der Waals surface area contributed by atoms with Gasteiger partial charge in [0.05, 0.1) is 13.2 Å². The van der Waals surface area contributed by atoms with E-state index in [-0.39, 0.29) is 11.2 Å². The van der Waals surface area contributed by atoms with Gasteiger partial charge in [0, 0.05) is 38.6 Å². The number of morpholine rings is 1. The van der Waals surface area contributed by atoms with Gasteiger partial charge in [-0.05, 0) is 11.6 Å². The third-order valence-electron chi connectivity index (χ3n) is 3.67. The lowest BCUT2D eigenvalue weighted by Gasteiger charge is -2.37. The summed E-state index contributed by atoms with van der Waals surface area (Å²) in [6.45, 7) is 4.37. The Morgan fingerprint density at radius 1 is 1.32 bits per heavy atom. The van der Waals surface area contributed by atoms with Gasteiger partial charge >= 0.3 is 6.09 Å². The second kappa shape index (κ2) is 6.49. The number of rotatable bonds is 4. The van der Waals surface area contributed by atoms with E-state index in [1.165, 1.54) is 4.90 Å². The van der Waals surface area contributed by atoms with Crippen molar-refractivity contribution < 1.29 is 14.6 Å². The molecule has 3 rings (SSSR count). The summed E-state index contributed by atoms with van der Waals surface area (Å²) in [5, 5.41) is 12.0. The maximum Gasteiger partial charge on any atom is 0.407 e. The number of carboxylic acid groups (broad SMARTS) is 1. The summed E-state index contributed by atoms with van der Waals surface area (Å²) < 4.78 is 5.30. The molecule has 9 nitrogen and oxygen atoms in total. The SMILES string of the molecule is O=C(O)N1CC(CNc2nc(Cl)nc(N3CCOCC3)n2)C1. The van der Waals surface area contributed by atoms with Crippen LogP contribution in [0, 0.1) is 5.92 Å². The Bertz CT molecular complexity index is 548. The van der Waals surface area contributed by atoms with Crippen molar-refractivity contribution in [3.05, 3.63) is 5.28 Å². The summed E-state index contributed by atoms with van der Waals surface area (Å²) in [6, 6.07) is 0. The van der Waals surface area contributed by atoms with Crippen LogP contribution in [0.1, 0.15) is 0 Å². The lowest BCUT2D eigenvalue weighted by molar-refractivity contribution is 0.0863. The maximum atomic E-state index is 10.7. The van der Waals surface area contributed by atoms with Crippen LogP contribution in [0.25, 0.3) is 0 Å². The quantitative estimate of drug-likeness (QED) is 0.817. The van der Waals surface area contributed by atoms with E-state index < -0.39 is 6.09 Å². The van der Waals surface area contributed by atoms with Crippen LogP contribution in [0.5, 0.6) is 0 Å². The third kappa shape index (κ3) is 3.47. The van der Waals surface area contributed by atoms with Crippen LogP contribution in [0.15, 0.2) is 0 Å². The number of nitrogens with zero attached hydrogens (tertiary/aromatic N) is 5. The number of halogens is 1. The molecule has 0 saturated carbocycles. The van der Waals surface area contributed by atoms with Crippen LogP contribution in [-0.2, 0) is 4.74 Å². The molecule has 2 N–H and O–H groups in total. The number of aromatic nitrogens is 3. The summed E-state index contributed by atoms with van der Waals surface area (Å²) >= 11 is 5.95. The first-order chi connectivity index (χ1) is 10.6. The first-order valence-electron chi connectivity index (χ1n) is 7.08. The number of amides is 1. The van der Waals surface area contributed by atoms with E-state index in [0.29, 0.717) is 44.7 Å². The molecule has 0 bridgehead atoms. The Morgan fingerprint density at radius 3 is 2.73 bits per heavy atom. The molecule has 10 heteroatoms. The van der Waals surface area contributed by atoms with Gasteiger partial charge in [0.1, 0.15) is 0 Å². The van der Waals surface area contributed by atoms with Crippen molar-refractivity contribution in [1.82, 2.24) is 19.9 Å². The van der Waals surface area contributed by atoms with Crippen molar-refractivity contribution in [2.24, 2.45) is 5.92 Å². The predicted molar refractivity (Wildman–Crippen MR) is 79.4 cm³/mol. The molecule has 2 aliphatic heterocycles. The molecule has 2 saturated heterocycles. The molecule has 1 amide bonds. The van der Waals surface area contributed by atoms with Gasteiger partial charge in [-0.1, -0.05) is 0 Å². The molecule has 2 fully saturated rings. The van der Waals surface area contributed by atoms with Gasteiger partial charge < -0.3 is 25.0 Å². The molecule has 0 radical (unpaired) electrons. The minimum Gasteiger partial charge on any atom is -0.465 e. The van der Waals surface area contributed by atoms with E-state index in [0.717, 1.165) is 13.1 Å². The summed E-state index contributed by atoms with van der Waals surface area (Å²) in [5.74, 6) is 1.21. The monoisotopic (exact) mass is 328 g/mol. The summed E-state index contributed by atoms with van der Waals surface area (Å²) in [4.78, 5) is 26.6. The number of hydrogen-bond acceptors (Lipinski definition) is 7. The van der Waals surface area contributed by atoms with Crippen LogP contribution >= 0.6 is 11.6 Å². The molecule has 0 unspecified atom stereocenters. The summed E-state index contributed by atoms with van der Waals surface area (Å²) in [7, 11) is 0. The number of ether oxygens (including phenoxy) is 1. The molecular weight excluding hydrogens is 312 g/mol. The minimum atomic E-state index is -0.881. The highest BCUT2D eigenvalue weighted by molar-refractivity contribution is 6.28. The molecule has 22 heavy (non-hydrogen) atoms. The topological polar surface area (TPSA) is 104 Å². The van der Waals surface area contributed by atoms with E-state index in [1.807, 2.05) is 4.90 Å². The fourth-order valence-corrected chi connectivity index (χ4v) is 2.57. The number of hydrogen-bond donors (Lipinski definition) is 2. The molecule has 0 atom stereocenters. The van der Waals surface area contributed by atoms with Crippen molar-refractivity contribution in [2.75, 3.05) is 56.2 Å². The lowest BCUT2D eigenvalue weighted by atomic mass is 10.0. The number of nitrogens with one attached hydrogen (secondary N) is 1. The van der Waals surface area contributed by atoms with E-state index in [4.69, 9.17) is 21.4 Å². The van der Waals surface area contributed by atoms with Crippen LogP contribution in [0.2, 0.25) is 5.28 Å². The van der Waals surface area contributed by atoms with Gasteiger partial charge in [-0.2, -0.15) is 15.0 Å². The van der Waals surface area contributed by atoms with E-state index in [9.17, 15) is 4.79 Å². The van der Waals surface area contributed by atoms with Crippen LogP contribution in [0.4, 0.5) is 16.7 Å². The van der Waals surface area contributed by atoms with Crippen LogP contribution < -0.4 is 10.2 Å². The minimum absolute atomic E-state index is 0.139. The molecule has 120 valence electrons. The molecular formula is C12H17ClN6O3. The fraction of sp³-hybridized carbons (Fsp3) is 0.667. The second-order valence-electron chi connectivity index (χ2n) is 5.26. The zero-order chi connectivity index (χ0) is 15.5. The van der Waals surface area contributed by atoms with Gasteiger partial charge in [-0.15, -0.1) is 0 Å². The maximum absolute atomic E-state index is 10.7. The average Bonchev–Trinajstić information content (AvgIpc) is 2.45. The zero-order valence-corrected chi connectivity index (χ0v) is 12.7. The Balaban J connectivity index is 1.57. The standard InChI is InChI=1S/C12H17ClN6O3/c13-9-15-10(14-5-8-6-19(7-8)12(20)21)17-11(16-9)18-1-3-22-4-2-18/h8H,1-7H2,(H,20,21)(H,14,15,16,17). The van der Waals surface area contributed by atoms with Gasteiger partial charge in [-0.3, -0.25) is 0 Å². The van der Waals surface area contributed by atoms with E-state index in [2.05, 4.69) is 20.3 Å². The number of likely N-dealkylation sites (tertiary alicyclic amines) is 1. The molecule has 0 aromatic carbocycles. The highest BCUT2D eigenvalue weighted by atomic mass is 35.5. The van der Waals surface area contributed by atoms with Crippen molar-refractivity contribution in [3.8, 4) is 0 Å². The number of anilines is 2. The normalized spacial score (nSPS) is 19.0. The highest BCUT2D eigenvalue weighted by Crippen LogP contribution is 2.18. The average molecular weight is 329 g/mol.